The van der Waals surface area contributed by atoms with E-state index >= 15 is 0 Å². The summed E-state index contributed by atoms with van der Waals surface area (Å²) < 4.78 is 0. The number of thioether (sulfide) groups is 1. The molecule has 0 spiro atoms. The number of aliphatic hydroxyl groups excluding tert-OH is 1. The number of amides is 2. The van der Waals surface area contributed by atoms with E-state index in [1.807, 2.05) is 16.7 Å². The van der Waals surface area contributed by atoms with Gasteiger partial charge in [-0.25, -0.2) is 4.79 Å². The van der Waals surface area contributed by atoms with Crippen LogP contribution in [0.4, 0.5) is 4.79 Å². The fourth-order valence-corrected chi connectivity index (χ4v) is 4.93. The highest BCUT2D eigenvalue weighted by Gasteiger charge is 2.35. The van der Waals surface area contributed by atoms with Crippen LogP contribution in [0.2, 0.25) is 0 Å². The van der Waals surface area contributed by atoms with E-state index in [0.29, 0.717) is 11.3 Å². The van der Waals surface area contributed by atoms with Crippen molar-refractivity contribution in [3.05, 3.63) is 0 Å². The number of carbonyl (C=O) groups is 1. The molecule has 2 aliphatic rings. The zero-order chi connectivity index (χ0) is 16.0. The highest BCUT2D eigenvalue weighted by molar-refractivity contribution is 7.99. The van der Waals surface area contributed by atoms with Gasteiger partial charge in [-0.3, -0.25) is 0 Å². The summed E-state index contributed by atoms with van der Waals surface area (Å²) in [7, 11) is 0. The van der Waals surface area contributed by atoms with Gasteiger partial charge in [0.15, 0.2) is 0 Å². The van der Waals surface area contributed by atoms with Crippen LogP contribution in [0.3, 0.4) is 0 Å². The summed E-state index contributed by atoms with van der Waals surface area (Å²) in [5.41, 5.74) is 0.0439. The van der Waals surface area contributed by atoms with Gasteiger partial charge in [0.25, 0.3) is 0 Å². The number of hydrogen-bond acceptors (Lipinski definition) is 3. The van der Waals surface area contributed by atoms with E-state index in [1.54, 1.807) is 0 Å². The summed E-state index contributed by atoms with van der Waals surface area (Å²) in [4.78, 5) is 14.5. The van der Waals surface area contributed by atoms with Gasteiger partial charge in [0.2, 0.25) is 0 Å². The molecule has 1 saturated carbocycles. The molecule has 2 fully saturated rings. The molecule has 5 heteroatoms. The highest BCUT2D eigenvalue weighted by Crippen LogP contribution is 2.34. The van der Waals surface area contributed by atoms with Crippen LogP contribution < -0.4 is 5.32 Å². The van der Waals surface area contributed by atoms with Crippen LogP contribution in [0.1, 0.15) is 58.8 Å². The zero-order valence-corrected chi connectivity index (χ0v) is 15.0. The van der Waals surface area contributed by atoms with E-state index in [-0.39, 0.29) is 18.1 Å². The number of urea groups is 1. The molecule has 2 N–H and O–H groups in total. The predicted molar refractivity (Wildman–Crippen MR) is 93.3 cm³/mol. The Balaban J connectivity index is 1.84. The number of aliphatic hydroxyl groups is 1. The van der Waals surface area contributed by atoms with Crippen molar-refractivity contribution in [1.82, 2.24) is 10.2 Å². The summed E-state index contributed by atoms with van der Waals surface area (Å²) in [6.07, 6.45) is 7.71. The second-order valence-electron chi connectivity index (χ2n) is 6.83. The third-order valence-corrected chi connectivity index (χ3v) is 6.91. The molecule has 4 nitrogen and oxygen atoms in total. The van der Waals surface area contributed by atoms with Gasteiger partial charge >= 0.3 is 6.03 Å². The number of nitrogens with zero attached hydrogens (tertiary/aromatic N) is 1. The molecule has 0 radical (unpaired) electrons. The maximum Gasteiger partial charge on any atom is 0.317 e. The van der Waals surface area contributed by atoms with Gasteiger partial charge in [0.05, 0.1) is 0 Å². The second kappa shape index (κ2) is 8.44. The Hall–Kier alpha value is -0.420. The minimum absolute atomic E-state index is 0.0439. The van der Waals surface area contributed by atoms with Crippen LogP contribution in [-0.4, -0.2) is 52.8 Å². The maximum atomic E-state index is 12.5. The van der Waals surface area contributed by atoms with Gasteiger partial charge in [-0.05, 0) is 43.3 Å². The van der Waals surface area contributed by atoms with Gasteiger partial charge < -0.3 is 15.3 Å². The Morgan fingerprint density at radius 2 is 1.95 bits per heavy atom. The smallest absolute Gasteiger partial charge is 0.317 e. The molecule has 22 heavy (non-hydrogen) atoms. The van der Waals surface area contributed by atoms with Crippen LogP contribution in [0.15, 0.2) is 0 Å². The first-order valence-corrected chi connectivity index (χ1v) is 9.97. The van der Waals surface area contributed by atoms with Crippen molar-refractivity contribution in [3.63, 3.8) is 0 Å². The SMILES string of the molecule is CCSC1CCCCC1NC(=O)N1CCC(CC)(CO)CC1. The lowest BCUT2D eigenvalue weighted by Crippen LogP contribution is -2.53. The first-order valence-electron chi connectivity index (χ1n) is 8.92. The molecule has 1 saturated heterocycles. The summed E-state index contributed by atoms with van der Waals surface area (Å²) in [5, 5.41) is 13.5. The topological polar surface area (TPSA) is 52.6 Å². The second-order valence-corrected chi connectivity index (χ2v) is 8.35. The summed E-state index contributed by atoms with van der Waals surface area (Å²) >= 11 is 1.99. The molecule has 1 heterocycles. The summed E-state index contributed by atoms with van der Waals surface area (Å²) in [6.45, 7) is 6.14. The van der Waals surface area contributed by atoms with Crippen molar-refractivity contribution in [2.45, 2.75) is 70.1 Å². The molecule has 0 aromatic heterocycles. The monoisotopic (exact) mass is 328 g/mol. The van der Waals surface area contributed by atoms with Crippen molar-refractivity contribution in [3.8, 4) is 0 Å². The largest absolute Gasteiger partial charge is 0.396 e. The summed E-state index contributed by atoms with van der Waals surface area (Å²) in [5.74, 6) is 1.12. The lowest BCUT2D eigenvalue weighted by Gasteiger charge is -2.41. The van der Waals surface area contributed by atoms with Gasteiger partial charge in [-0.2, -0.15) is 11.8 Å². The van der Waals surface area contributed by atoms with E-state index in [1.165, 1.54) is 19.3 Å². The Morgan fingerprint density at radius 1 is 1.27 bits per heavy atom. The van der Waals surface area contributed by atoms with E-state index in [0.717, 1.165) is 44.5 Å². The van der Waals surface area contributed by atoms with E-state index < -0.39 is 0 Å². The molecule has 128 valence electrons. The average molecular weight is 329 g/mol. The molecule has 2 unspecified atom stereocenters. The van der Waals surface area contributed by atoms with Crippen LogP contribution in [0.5, 0.6) is 0 Å². The van der Waals surface area contributed by atoms with Crippen LogP contribution in [0.25, 0.3) is 0 Å². The molecule has 0 aromatic carbocycles. The van der Waals surface area contributed by atoms with Crippen molar-refractivity contribution < 1.29 is 9.90 Å². The Bertz CT molecular complexity index is 349. The predicted octanol–water partition coefficient (Wildman–Crippen LogP) is 3.24. The average Bonchev–Trinajstić information content (AvgIpc) is 2.57. The number of likely N-dealkylation sites (tertiary alicyclic amines) is 1. The van der Waals surface area contributed by atoms with Crippen LogP contribution in [-0.2, 0) is 0 Å². The van der Waals surface area contributed by atoms with Gasteiger partial charge in [-0.1, -0.05) is 26.7 Å². The zero-order valence-electron chi connectivity index (χ0n) is 14.1. The Kier molecular flexibility index (Phi) is 6.87. The van der Waals surface area contributed by atoms with E-state index in [4.69, 9.17) is 0 Å². The minimum atomic E-state index is 0.0439. The van der Waals surface area contributed by atoms with Gasteiger partial charge in [0.1, 0.15) is 0 Å². The fourth-order valence-electron chi connectivity index (χ4n) is 3.73. The third-order valence-electron chi connectivity index (χ3n) is 5.59. The number of piperidine rings is 1. The highest BCUT2D eigenvalue weighted by atomic mass is 32.2. The fraction of sp³-hybridized carbons (Fsp3) is 0.941. The number of carbonyl (C=O) groups excluding carboxylic acids is 1. The minimum Gasteiger partial charge on any atom is -0.396 e. The third kappa shape index (κ3) is 4.31. The molecule has 0 aromatic rings. The number of rotatable bonds is 5. The number of hydrogen-bond donors (Lipinski definition) is 2. The van der Waals surface area contributed by atoms with Crippen LogP contribution >= 0.6 is 11.8 Å². The van der Waals surface area contributed by atoms with Crippen molar-refractivity contribution in [1.29, 1.82) is 0 Å². The first-order chi connectivity index (χ1) is 10.6. The molecular weight excluding hydrogens is 296 g/mol. The van der Waals surface area contributed by atoms with Crippen molar-refractivity contribution in [2.75, 3.05) is 25.4 Å². The molecule has 2 rings (SSSR count). The van der Waals surface area contributed by atoms with Crippen LogP contribution in [0, 0.1) is 5.41 Å². The Labute approximate surface area is 139 Å². The first kappa shape index (κ1) is 17.9. The lowest BCUT2D eigenvalue weighted by molar-refractivity contribution is 0.0513. The standard InChI is InChI=1S/C17H32N2O2S/c1-3-17(13-20)9-11-19(12-10-17)16(21)18-14-7-5-6-8-15(14)22-4-2/h14-15,20H,3-13H2,1-2H3,(H,18,21). The van der Waals surface area contributed by atoms with E-state index in [2.05, 4.69) is 19.2 Å². The quantitative estimate of drug-likeness (QED) is 0.814. The number of nitrogens with one attached hydrogen (secondary N) is 1. The molecule has 2 atom stereocenters. The molecule has 1 aliphatic heterocycles. The van der Waals surface area contributed by atoms with Crippen molar-refractivity contribution in [2.24, 2.45) is 5.41 Å². The van der Waals surface area contributed by atoms with E-state index in [9.17, 15) is 9.90 Å². The normalized spacial score (nSPS) is 28.4. The molecule has 2 amide bonds. The van der Waals surface area contributed by atoms with Gasteiger partial charge in [-0.15, -0.1) is 0 Å². The van der Waals surface area contributed by atoms with Gasteiger partial charge in [0, 0.05) is 31.0 Å². The lowest BCUT2D eigenvalue weighted by atomic mass is 9.77. The Morgan fingerprint density at radius 3 is 2.55 bits per heavy atom. The molecular formula is C17H32N2O2S. The van der Waals surface area contributed by atoms with Crippen molar-refractivity contribution >= 4 is 17.8 Å². The maximum absolute atomic E-state index is 12.5. The summed E-state index contributed by atoms with van der Waals surface area (Å²) in [6, 6.07) is 0.443. The molecule has 0 bridgehead atoms. The molecule has 1 aliphatic carbocycles.